The van der Waals surface area contributed by atoms with Crippen LogP contribution in [0.2, 0.25) is 0 Å². The van der Waals surface area contributed by atoms with Crippen LogP contribution >= 0.6 is 15.9 Å². The number of nitro benzene ring substituents is 1. The highest BCUT2D eigenvalue weighted by molar-refractivity contribution is 9.10. The first-order valence-corrected chi connectivity index (χ1v) is 6.99. The number of rotatable bonds is 4. The molecule has 0 spiro atoms. The minimum atomic E-state index is -0.416. The van der Waals surface area contributed by atoms with Gasteiger partial charge in [-0.3, -0.25) is 10.1 Å². The summed E-state index contributed by atoms with van der Waals surface area (Å²) in [6.07, 6.45) is 0. The number of nitrogens with zero attached hydrogens (tertiary/aromatic N) is 1. The van der Waals surface area contributed by atoms with Gasteiger partial charge in [-0.1, -0.05) is 15.9 Å². The Labute approximate surface area is 129 Å². The summed E-state index contributed by atoms with van der Waals surface area (Å²) in [5.41, 5.74) is 1.45. The number of halogens is 1. The van der Waals surface area contributed by atoms with Gasteiger partial charge in [0.1, 0.15) is 0 Å². The zero-order valence-electron chi connectivity index (χ0n) is 10.8. The summed E-state index contributed by atoms with van der Waals surface area (Å²) in [6.45, 7) is 0.421. The largest absolute Gasteiger partial charge is 0.454 e. The summed E-state index contributed by atoms with van der Waals surface area (Å²) in [6, 6.07) is 10.6. The SMILES string of the molecule is O=[N+]([O-])c1cc2c(cc1CNc1ccc(Br)cc1)OCO2. The number of nitro groups is 1. The third-order valence-electron chi connectivity index (χ3n) is 3.10. The Hall–Kier alpha value is -2.28. The van der Waals surface area contributed by atoms with E-state index >= 15 is 0 Å². The van der Waals surface area contributed by atoms with Gasteiger partial charge < -0.3 is 14.8 Å². The Bertz CT molecular complexity index is 688. The van der Waals surface area contributed by atoms with Crippen LogP contribution in [-0.4, -0.2) is 11.7 Å². The predicted molar refractivity (Wildman–Crippen MR) is 80.7 cm³/mol. The molecule has 1 N–H and O–H groups in total. The molecule has 1 heterocycles. The molecule has 0 unspecified atom stereocenters. The van der Waals surface area contributed by atoms with Crippen LogP contribution in [0, 0.1) is 10.1 Å². The second-order valence-electron chi connectivity index (χ2n) is 4.45. The summed E-state index contributed by atoms with van der Waals surface area (Å²) in [5.74, 6) is 0.947. The molecule has 0 aromatic heterocycles. The lowest BCUT2D eigenvalue weighted by Gasteiger charge is -2.08. The van der Waals surface area contributed by atoms with Gasteiger partial charge in [0.2, 0.25) is 6.79 Å². The Balaban J connectivity index is 1.84. The van der Waals surface area contributed by atoms with Gasteiger partial charge in [-0.05, 0) is 30.3 Å². The van der Waals surface area contributed by atoms with E-state index in [2.05, 4.69) is 21.2 Å². The molecule has 0 saturated carbocycles. The third-order valence-corrected chi connectivity index (χ3v) is 3.63. The number of hydrogen-bond donors (Lipinski definition) is 1. The standard InChI is InChI=1S/C14H11BrN2O4/c15-10-1-3-11(4-2-10)16-7-9-5-13-14(21-8-20-13)6-12(9)17(18)19/h1-6,16H,7-8H2. The van der Waals surface area contributed by atoms with Crippen molar-refractivity contribution in [2.45, 2.75) is 6.54 Å². The van der Waals surface area contributed by atoms with Crippen molar-refractivity contribution >= 4 is 27.3 Å². The average Bonchev–Trinajstić information content (AvgIpc) is 2.92. The summed E-state index contributed by atoms with van der Waals surface area (Å²) >= 11 is 3.36. The lowest BCUT2D eigenvalue weighted by Crippen LogP contribution is -2.03. The minimum Gasteiger partial charge on any atom is -0.454 e. The summed E-state index contributed by atoms with van der Waals surface area (Å²) < 4.78 is 11.4. The molecule has 7 heteroatoms. The van der Waals surface area contributed by atoms with Crippen molar-refractivity contribution in [3.63, 3.8) is 0 Å². The molecule has 3 rings (SSSR count). The molecule has 0 bridgehead atoms. The van der Waals surface area contributed by atoms with Crippen molar-refractivity contribution in [1.29, 1.82) is 0 Å². The molecule has 0 saturated heterocycles. The van der Waals surface area contributed by atoms with Gasteiger partial charge in [0.25, 0.3) is 5.69 Å². The van der Waals surface area contributed by atoms with Gasteiger partial charge in [0, 0.05) is 16.7 Å². The van der Waals surface area contributed by atoms with E-state index in [0.29, 0.717) is 23.6 Å². The molecule has 0 aliphatic carbocycles. The zero-order valence-corrected chi connectivity index (χ0v) is 12.4. The lowest BCUT2D eigenvalue weighted by atomic mass is 10.1. The van der Waals surface area contributed by atoms with Crippen molar-refractivity contribution in [2.75, 3.05) is 12.1 Å². The van der Waals surface area contributed by atoms with Crippen LogP contribution in [0.5, 0.6) is 11.5 Å². The fraction of sp³-hybridized carbons (Fsp3) is 0.143. The van der Waals surface area contributed by atoms with E-state index in [-0.39, 0.29) is 12.5 Å². The van der Waals surface area contributed by atoms with Crippen LogP contribution in [0.3, 0.4) is 0 Å². The van der Waals surface area contributed by atoms with Gasteiger partial charge in [0.05, 0.1) is 16.6 Å². The first-order valence-electron chi connectivity index (χ1n) is 6.20. The molecular weight excluding hydrogens is 340 g/mol. The van der Waals surface area contributed by atoms with Crippen LogP contribution in [-0.2, 0) is 6.54 Å². The third kappa shape index (κ3) is 2.92. The first kappa shape index (κ1) is 13.7. The quantitative estimate of drug-likeness (QED) is 0.672. The number of anilines is 1. The van der Waals surface area contributed by atoms with Crippen molar-refractivity contribution in [3.8, 4) is 11.5 Å². The van der Waals surface area contributed by atoms with Crippen LogP contribution in [0.25, 0.3) is 0 Å². The molecule has 0 amide bonds. The molecule has 0 radical (unpaired) electrons. The maximum absolute atomic E-state index is 11.2. The number of ether oxygens (including phenoxy) is 2. The van der Waals surface area contributed by atoms with Crippen LogP contribution in [0.4, 0.5) is 11.4 Å². The van der Waals surface area contributed by atoms with E-state index < -0.39 is 4.92 Å². The number of nitrogens with one attached hydrogen (secondary N) is 1. The van der Waals surface area contributed by atoms with Crippen LogP contribution in [0.1, 0.15) is 5.56 Å². The van der Waals surface area contributed by atoms with Gasteiger partial charge in [-0.25, -0.2) is 0 Å². The summed E-state index contributed by atoms with van der Waals surface area (Å²) in [5, 5.41) is 14.3. The number of benzene rings is 2. The van der Waals surface area contributed by atoms with E-state index in [1.165, 1.54) is 6.07 Å². The van der Waals surface area contributed by atoms with Gasteiger partial charge >= 0.3 is 0 Å². The second kappa shape index (κ2) is 5.61. The minimum absolute atomic E-state index is 0.0175. The Kier molecular flexibility index (Phi) is 3.66. The smallest absolute Gasteiger partial charge is 0.278 e. The highest BCUT2D eigenvalue weighted by atomic mass is 79.9. The topological polar surface area (TPSA) is 73.6 Å². The Morgan fingerprint density at radius 1 is 1.19 bits per heavy atom. The molecular formula is C14H11BrN2O4. The maximum atomic E-state index is 11.2. The van der Waals surface area contributed by atoms with Crippen molar-refractivity contribution in [2.24, 2.45) is 0 Å². The zero-order chi connectivity index (χ0) is 14.8. The Morgan fingerprint density at radius 2 is 1.86 bits per heavy atom. The predicted octanol–water partition coefficient (Wildman–Crippen LogP) is 3.70. The molecule has 0 atom stereocenters. The molecule has 2 aromatic rings. The normalized spacial score (nSPS) is 12.2. The van der Waals surface area contributed by atoms with E-state index in [9.17, 15) is 10.1 Å². The molecule has 108 valence electrons. The molecule has 0 fully saturated rings. The monoisotopic (exact) mass is 350 g/mol. The summed E-state index contributed by atoms with van der Waals surface area (Å²) in [4.78, 5) is 10.7. The second-order valence-corrected chi connectivity index (χ2v) is 5.37. The van der Waals surface area contributed by atoms with Crippen molar-refractivity contribution in [1.82, 2.24) is 0 Å². The van der Waals surface area contributed by atoms with Crippen LogP contribution in [0.15, 0.2) is 40.9 Å². The van der Waals surface area contributed by atoms with Gasteiger partial charge in [-0.2, -0.15) is 0 Å². The molecule has 2 aromatic carbocycles. The number of hydrogen-bond acceptors (Lipinski definition) is 5. The molecule has 1 aliphatic heterocycles. The van der Waals surface area contributed by atoms with E-state index in [0.717, 1.165) is 10.2 Å². The maximum Gasteiger partial charge on any atom is 0.278 e. The fourth-order valence-electron chi connectivity index (χ4n) is 2.05. The first-order chi connectivity index (χ1) is 10.1. The van der Waals surface area contributed by atoms with Crippen molar-refractivity contribution in [3.05, 3.63) is 56.5 Å². The summed E-state index contributed by atoms with van der Waals surface area (Å²) in [7, 11) is 0. The van der Waals surface area contributed by atoms with Gasteiger partial charge in [0.15, 0.2) is 11.5 Å². The molecule has 6 nitrogen and oxygen atoms in total. The van der Waals surface area contributed by atoms with E-state index in [4.69, 9.17) is 9.47 Å². The fourth-order valence-corrected chi connectivity index (χ4v) is 2.31. The lowest BCUT2D eigenvalue weighted by molar-refractivity contribution is -0.385. The Morgan fingerprint density at radius 3 is 2.52 bits per heavy atom. The van der Waals surface area contributed by atoms with Gasteiger partial charge in [-0.15, -0.1) is 0 Å². The molecule has 1 aliphatic rings. The molecule has 21 heavy (non-hydrogen) atoms. The van der Waals surface area contributed by atoms with E-state index in [1.807, 2.05) is 24.3 Å². The average molecular weight is 351 g/mol. The van der Waals surface area contributed by atoms with E-state index in [1.54, 1.807) is 6.07 Å². The highest BCUT2D eigenvalue weighted by Crippen LogP contribution is 2.38. The van der Waals surface area contributed by atoms with Crippen molar-refractivity contribution < 1.29 is 14.4 Å². The highest BCUT2D eigenvalue weighted by Gasteiger charge is 2.23. The van der Waals surface area contributed by atoms with Crippen LogP contribution < -0.4 is 14.8 Å². The number of fused-ring (bicyclic) bond motifs is 1.